The van der Waals surface area contributed by atoms with E-state index in [1.54, 1.807) is 24.5 Å². The van der Waals surface area contributed by atoms with Gasteiger partial charge in [-0.05, 0) is 36.4 Å². The molecule has 0 saturated carbocycles. The molecule has 2 heterocycles. The van der Waals surface area contributed by atoms with Crippen LogP contribution in [0.15, 0.2) is 54.9 Å². The topological polar surface area (TPSA) is 74.7 Å². The molecule has 0 bridgehead atoms. The van der Waals surface area contributed by atoms with Crippen molar-refractivity contribution in [2.24, 2.45) is 0 Å². The molecule has 0 aliphatic carbocycles. The van der Waals surface area contributed by atoms with Gasteiger partial charge in [0.15, 0.2) is 0 Å². The van der Waals surface area contributed by atoms with E-state index < -0.39 is 4.92 Å². The highest BCUT2D eigenvalue weighted by molar-refractivity contribution is 6.30. The Morgan fingerprint density at radius 3 is 2.14 bits per heavy atom. The normalized spacial score (nSPS) is 11.0. The third kappa shape index (κ3) is 2.55. The minimum absolute atomic E-state index is 0.0108. The maximum atomic E-state index is 11.3. The van der Waals surface area contributed by atoms with Crippen LogP contribution in [0.5, 0.6) is 0 Å². The molecule has 3 rings (SSSR count). The number of nitro benzene ring substituents is 1. The van der Waals surface area contributed by atoms with E-state index in [1.807, 2.05) is 24.3 Å². The smallest absolute Gasteiger partial charge is 0.275 e. The lowest BCUT2D eigenvalue weighted by Gasteiger charge is -2.15. The Bertz CT molecular complexity index is 717. The predicted octanol–water partition coefficient (Wildman–Crippen LogP) is 4.08. The summed E-state index contributed by atoms with van der Waals surface area (Å²) in [6.07, 6.45) is 3.60. The Morgan fingerprint density at radius 1 is 1.05 bits per heavy atom. The van der Waals surface area contributed by atoms with Gasteiger partial charge in [-0.15, -0.1) is 0 Å². The summed E-state index contributed by atoms with van der Waals surface area (Å²) in [4.78, 5) is 17.2. The average molecular weight is 302 g/mol. The van der Waals surface area contributed by atoms with E-state index in [-0.39, 0.29) is 11.6 Å². The van der Waals surface area contributed by atoms with Crippen molar-refractivity contribution in [1.82, 2.24) is 9.97 Å². The number of aromatic nitrogens is 2. The summed E-state index contributed by atoms with van der Waals surface area (Å²) in [6, 6.07) is 12.3. The fraction of sp³-hybridized carbons (Fsp3) is 0.0667. The first-order valence-corrected chi connectivity index (χ1v) is 6.75. The summed E-state index contributed by atoms with van der Waals surface area (Å²) in [5.41, 5.74) is 2.36. The van der Waals surface area contributed by atoms with E-state index >= 15 is 0 Å². The molecule has 2 aromatic heterocycles. The van der Waals surface area contributed by atoms with Crippen LogP contribution in [0, 0.1) is 10.1 Å². The molecule has 3 aromatic rings. The summed E-state index contributed by atoms with van der Waals surface area (Å²) < 4.78 is 0. The van der Waals surface area contributed by atoms with E-state index in [4.69, 9.17) is 11.6 Å². The highest BCUT2D eigenvalue weighted by atomic mass is 35.5. The number of nitrogens with one attached hydrogen (secondary N) is 2. The molecule has 0 amide bonds. The second-order valence-corrected chi connectivity index (χ2v) is 5.08. The monoisotopic (exact) mass is 301 g/mol. The van der Waals surface area contributed by atoms with Crippen LogP contribution in [-0.2, 0) is 0 Å². The Hall–Kier alpha value is -2.53. The second-order valence-electron chi connectivity index (χ2n) is 4.64. The van der Waals surface area contributed by atoms with Gasteiger partial charge in [0.1, 0.15) is 0 Å². The molecule has 0 aliphatic rings. The van der Waals surface area contributed by atoms with Gasteiger partial charge in [-0.25, -0.2) is 0 Å². The third-order valence-electron chi connectivity index (χ3n) is 3.37. The Balaban J connectivity index is 2.20. The lowest BCUT2D eigenvalue weighted by Crippen LogP contribution is -2.07. The highest BCUT2D eigenvalue weighted by Gasteiger charge is 2.26. The molecular weight excluding hydrogens is 290 g/mol. The molecule has 106 valence electrons. The average Bonchev–Trinajstić information content (AvgIpc) is 3.14. The van der Waals surface area contributed by atoms with E-state index in [0.29, 0.717) is 10.6 Å². The van der Waals surface area contributed by atoms with Crippen molar-refractivity contribution in [2.45, 2.75) is 5.92 Å². The van der Waals surface area contributed by atoms with Crippen molar-refractivity contribution >= 4 is 17.3 Å². The molecule has 2 N–H and O–H groups in total. The molecule has 0 unspecified atom stereocenters. The van der Waals surface area contributed by atoms with Gasteiger partial charge in [0.2, 0.25) is 0 Å². The summed E-state index contributed by atoms with van der Waals surface area (Å²) in [7, 11) is 0. The maximum Gasteiger partial charge on any atom is 0.275 e. The van der Waals surface area contributed by atoms with E-state index in [2.05, 4.69) is 9.97 Å². The zero-order chi connectivity index (χ0) is 14.8. The van der Waals surface area contributed by atoms with Crippen LogP contribution in [0.4, 0.5) is 5.69 Å². The van der Waals surface area contributed by atoms with Gasteiger partial charge in [0.05, 0.1) is 10.8 Å². The lowest BCUT2D eigenvalue weighted by molar-refractivity contribution is -0.385. The number of nitrogens with zero attached hydrogens (tertiary/aromatic N) is 1. The number of benzene rings is 1. The standard InChI is InChI=1S/C15H12ClN3O2/c16-10-5-6-11(14(9-10)19(20)21)15(12-3-1-7-17-12)13-4-2-8-18-13/h1-9,15,17-18H. The molecule has 0 atom stereocenters. The van der Waals surface area contributed by atoms with Crippen LogP contribution in [0.25, 0.3) is 0 Å². The fourth-order valence-corrected chi connectivity index (χ4v) is 2.64. The first-order chi connectivity index (χ1) is 10.2. The largest absolute Gasteiger partial charge is 0.364 e. The zero-order valence-electron chi connectivity index (χ0n) is 10.9. The SMILES string of the molecule is O=[N+]([O-])c1cc(Cl)ccc1C(c1ccc[nH]1)c1ccc[nH]1. The molecule has 0 spiro atoms. The van der Waals surface area contributed by atoms with Gasteiger partial charge in [0, 0.05) is 40.4 Å². The quantitative estimate of drug-likeness (QED) is 0.562. The van der Waals surface area contributed by atoms with Gasteiger partial charge in [0.25, 0.3) is 5.69 Å². The van der Waals surface area contributed by atoms with Crippen LogP contribution in [0.3, 0.4) is 0 Å². The number of halogens is 1. The minimum atomic E-state index is -0.403. The number of nitro groups is 1. The molecule has 0 aliphatic heterocycles. The van der Waals surface area contributed by atoms with Gasteiger partial charge >= 0.3 is 0 Å². The van der Waals surface area contributed by atoms with Crippen molar-refractivity contribution in [3.63, 3.8) is 0 Å². The van der Waals surface area contributed by atoms with Crippen LogP contribution < -0.4 is 0 Å². The Morgan fingerprint density at radius 2 is 1.67 bits per heavy atom. The number of H-pyrrole nitrogens is 2. The van der Waals surface area contributed by atoms with Crippen molar-refractivity contribution in [2.75, 3.05) is 0 Å². The number of hydrogen-bond acceptors (Lipinski definition) is 2. The Labute approximate surface area is 125 Å². The minimum Gasteiger partial charge on any atom is -0.364 e. The van der Waals surface area contributed by atoms with Gasteiger partial charge < -0.3 is 9.97 Å². The van der Waals surface area contributed by atoms with Crippen LogP contribution in [-0.4, -0.2) is 14.9 Å². The zero-order valence-corrected chi connectivity index (χ0v) is 11.7. The molecule has 0 fully saturated rings. The molecule has 0 saturated heterocycles. The first kappa shape index (κ1) is 13.5. The summed E-state index contributed by atoms with van der Waals surface area (Å²) in [5, 5.41) is 11.7. The van der Waals surface area contributed by atoms with Gasteiger partial charge in [-0.3, -0.25) is 10.1 Å². The van der Waals surface area contributed by atoms with Gasteiger partial charge in [-0.2, -0.15) is 0 Å². The third-order valence-corrected chi connectivity index (χ3v) is 3.60. The lowest BCUT2D eigenvalue weighted by atomic mass is 9.91. The first-order valence-electron chi connectivity index (χ1n) is 6.37. The molecule has 0 radical (unpaired) electrons. The maximum absolute atomic E-state index is 11.3. The van der Waals surface area contributed by atoms with Crippen LogP contribution >= 0.6 is 11.6 Å². The molecule has 6 heteroatoms. The van der Waals surface area contributed by atoms with Crippen molar-refractivity contribution < 1.29 is 4.92 Å². The predicted molar refractivity (Wildman–Crippen MR) is 80.6 cm³/mol. The highest BCUT2D eigenvalue weighted by Crippen LogP contribution is 2.36. The molecular formula is C15H12ClN3O2. The molecule has 1 aromatic carbocycles. The summed E-state index contributed by atoms with van der Waals surface area (Å²) in [6.45, 7) is 0. The van der Waals surface area contributed by atoms with E-state index in [9.17, 15) is 10.1 Å². The molecule has 21 heavy (non-hydrogen) atoms. The van der Waals surface area contributed by atoms with Crippen LogP contribution in [0.1, 0.15) is 22.9 Å². The summed E-state index contributed by atoms with van der Waals surface area (Å²) >= 11 is 5.90. The number of hydrogen-bond donors (Lipinski definition) is 2. The molecule has 5 nitrogen and oxygen atoms in total. The number of rotatable bonds is 4. The Kier molecular flexibility index (Phi) is 3.50. The second kappa shape index (κ2) is 5.46. The van der Waals surface area contributed by atoms with Crippen molar-refractivity contribution in [1.29, 1.82) is 0 Å². The fourth-order valence-electron chi connectivity index (χ4n) is 2.47. The van der Waals surface area contributed by atoms with Gasteiger partial charge in [-0.1, -0.05) is 11.6 Å². The van der Waals surface area contributed by atoms with E-state index in [0.717, 1.165) is 11.4 Å². The number of aromatic amines is 2. The van der Waals surface area contributed by atoms with Crippen LogP contribution in [0.2, 0.25) is 5.02 Å². The van der Waals surface area contributed by atoms with Crippen molar-refractivity contribution in [3.8, 4) is 0 Å². The van der Waals surface area contributed by atoms with Crippen molar-refractivity contribution in [3.05, 3.63) is 86.9 Å². The van der Waals surface area contributed by atoms with E-state index in [1.165, 1.54) is 6.07 Å². The summed E-state index contributed by atoms with van der Waals surface area (Å²) in [5.74, 6) is -0.271.